The summed E-state index contributed by atoms with van der Waals surface area (Å²) in [5.74, 6) is 1.17. The van der Waals surface area contributed by atoms with Crippen LogP contribution in [0.25, 0.3) is 0 Å². The number of methoxy groups -OCH3 is 1. The Balaban J connectivity index is 2.15. The average Bonchev–Trinajstić information content (AvgIpc) is 2.51. The van der Waals surface area contributed by atoms with Gasteiger partial charge in [-0.15, -0.1) is 0 Å². The molecule has 0 fully saturated rings. The van der Waals surface area contributed by atoms with Gasteiger partial charge in [-0.3, -0.25) is 4.79 Å². The fraction of sp³-hybridized carbons (Fsp3) is 0.350. The van der Waals surface area contributed by atoms with Crippen molar-refractivity contribution in [1.29, 1.82) is 0 Å². The molecule has 0 saturated heterocycles. The zero-order valence-corrected chi connectivity index (χ0v) is 15.0. The maximum absolute atomic E-state index is 12.6. The molecule has 0 bridgehead atoms. The van der Waals surface area contributed by atoms with Gasteiger partial charge in [0.2, 0.25) is 0 Å². The summed E-state index contributed by atoms with van der Waals surface area (Å²) in [4.78, 5) is 12.6. The molecule has 0 spiro atoms. The zero-order valence-electron chi connectivity index (χ0n) is 15.0. The molecule has 4 heteroatoms. The lowest BCUT2D eigenvalue weighted by molar-refractivity contribution is -0.122. The maximum Gasteiger partial charge on any atom is 0.265 e. The third-order valence-electron chi connectivity index (χ3n) is 3.75. The van der Waals surface area contributed by atoms with Gasteiger partial charge in [0.05, 0.1) is 12.8 Å². The predicted molar refractivity (Wildman–Crippen MR) is 97.0 cm³/mol. The zero-order chi connectivity index (χ0) is 17.7. The lowest BCUT2D eigenvalue weighted by Crippen LogP contribution is -2.32. The highest BCUT2D eigenvalue weighted by Crippen LogP contribution is 2.26. The molecule has 0 aliphatic rings. The molecular weight excluding hydrogens is 302 g/mol. The van der Waals surface area contributed by atoms with Crippen LogP contribution in [-0.2, 0) is 4.79 Å². The molecule has 0 heterocycles. The number of nitrogens with one attached hydrogen (secondary N) is 1. The maximum atomic E-state index is 12.6. The topological polar surface area (TPSA) is 47.6 Å². The van der Waals surface area contributed by atoms with Gasteiger partial charge in [0.1, 0.15) is 11.5 Å². The minimum atomic E-state index is -0.559. The summed E-state index contributed by atoms with van der Waals surface area (Å²) in [6.45, 7) is 7.93. The third-order valence-corrected chi connectivity index (χ3v) is 3.75. The van der Waals surface area contributed by atoms with Crippen LogP contribution in [0.15, 0.2) is 36.4 Å². The van der Waals surface area contributed by atoms with Crippen molar-refractivity contribution >= 4 is 11.6 Å². The van der Waals surface area contributed by atoms with Crippen molar-refractivity contribution in [1.82, 2.24) is 0 Å². The lowest BCUT2D eigenvalue weighted by atomic mass is 10.1. The minimum absolute atomic E-state index is 0.180. The molecule has 1 unspecified atom stereocenters. The van der Waals surface area contributed by atoms with Crippen LogP contribution in [0.2, 0.25) is 0 Å². The van der Waals surface area contributed by atoms with E-state index >= 15 is 0 Å². The second kappa shape index (κ2) is 7.86. The number of hydrogen-bond donors (Lipinski definition) is 1. The van der Waals surface area contributed by atoms with E-state index in [9.17, 15) is 4.79 Å². The molecule has 2 rings (SSSR count). The molecule has 1 N–H and O–H groups in total. The number of ether oxygens (including phenoxy) is 2. The normalized spacial score (nSPS) is 11.7. The van der Waals surface area contributed by atoms with Gasteiger partial charge in [-0.05, 0) is 68.1 Å². The van der Waals surface area contributed by atoms with Crippen LogP contribution in [0, 0.1) is 20.8 Å². The monoisotopic (exact) mass is 327 g/mol. The molecule has 1 amide bonds. The van der Waals surface area contributed by atoms with E-state index in [1.807, 2.05) is 58.0 Å². The lowest BCUT2D eigenvalue weighted by Gasteiger charge is -2.19. The van der Waals surface area contributed by atoms with E-state index < -0.39 is 6.10 Å². The van der Waals surface area contributed by atoms with Gasteiger partial charge < -0.3 is 14.8 Å². The minimum Gasteiger partial charge on any atom is -0.495 e. The molecule has 4 nitrogen and oxygen atoms in total. The summed E-state index contributed by atoms with van der Waals surface area (Å²) in [5, 5.41) is 2.91. The summed E-state index contributed by atoms with van der Waals surface area (Å²) in [5.41, 5.74) is 3.93. The Kier molecular flexibility index (Phi) is 5.85. The quantitative estimate of drug-likeness (QED) is 0.854. The molecule has 0 aliphatic heterocycles. The fourth-order valence-electron chi connectivity index (χ4n) is 2.62. The van der Waals surface area contributed by atoms with Gasteiger partial charge in [-0.25, -0.2) is 0 Å². The Morgan fingerprint density at radius 2 is 1.71 bits per heavy atom. The van der Waals surface area contributed by atoms with Gasteiger partial charge in [-0.2, -0.15) is 0 Å². The number of hydrogen-bond acceptors (Lipinski definition) is 3. The first-order valence-electron chi connectivity index (χ1n) is 8.13. The molecule has 24 heavy (non-hydrogen) atoms. The Labute approximate surface area is 143 Å². The smallest absolute Gasteiger partial charge is 0.265 e. The van der Waals surface area contributed by atoms with Gasteiger partial charge >= 0.3 is 0 Å². The number of carbonyl (C=O) groups excluding carboxylic acids is 1. The van der Waals surface area contributed by atoms with Crippen LogP contribution in [0.5, 0.6) is 11.5 Å². The van der Waals surface area contributed by atoms with Gasteiger partial charge in [-0.1, -0.05) is 19.1 Å². The summed E-state index contributed by atoms with van der Waals surface area (Å²) < 4.78 is 11.2. The molecule has 2 aromatic carbocycles. The number of carbonyl (C=O) groups is 1. The van der Waals surface area contributed by atoms with Crippen LogP contribution in [0.4, 0.5) is 5.69 Å². The first-order valence-corrected chi connectivity index (χ1v) is 8.13. The molecule has 2 aromatic rings. The van der Waals surface area contributed by atoms with Crippen molar-refractivity contribution in [2.45, 2.75) is 40.2 Å². The second-order valence-corrected chi connectivity index (χ2v) is 6.03. The van der Waals surface area contributed by atoms with Crippen molar-refractivity contribution in [3.05, 3.63) is 53.1 Å². The number of amides is 1. The van der Waals surface area contributed by atoms with Crippen LogP contribution in [0.1, 0.15) is 30.0 Å². The average molecular weight is 327 g/mol. The number of benzene rings is 2. The first kappa shape index (κ1) is 17.9. The highest BCUT2D eigenvalue weighted by atomic mass is 16.5. The largest absolute Gasteiger partial charge is 0.495 e. The van der Waals surface area contributed by atoms with Gasteiger partial charge in [0.15, 0.2) is 6.10 Å². The Morgan fingerprint density at radius 1 is 1.04 bits per heavy atom. The summed E-state index contributed by atoms with van der Waals surface area (Å²) in [7, 11) is 1.59. The van der Waals surface area contributed by atoms with E-state index in [0.717, 1.165) is 16.7 Å². The first-order chi connectivity index (χ1) is 11.4. The van der Waals surface area contributed by atoms with E-state index in [4.69, 9.17) is 9.47 Å². The van der Waals surface area contributed by atoms with Crippen LogP contribution >= 0.6 is 0 Å². The molecule has 128 valence electrons. The van der Waals surface area contributed by atoms with Crippen LogP contribution < -0.4 is 14.8 Å². The molecule has 0 aliphatic carbocycles. The summed E-state index contributed by atoms with van der Waals surface area (Å²) in [6.07, 6.45) is 0.0175. The van der Waals surface area contributed by atoms with Gasteiger partial charge in [0, 0.05) is 0 Å². The second-order valence-electron chi connectivity index (χ2n) is 6.03. The highest BCUT2D eigenvalue weighted by Gasteiger charge is 2.20. The van der Waals surface area contributed by atoms with Crippen molar-refractivity contribution in [2.75, 3.05) is 12.4 Å². The summed E-state index contributed by atoms with van der Waals surface area (Å²) in [6, 6.07) is 11.6. The van der Waals surface area contributed by atoms with Crippen molar-refractivity contribution in [2.24, 2.45) is 0 Å². The van der Waals surface area contributed by atoms with E-state index in [1.54, 1.807) is 7.11 Å². The Bertz CT molecular complexity index is 705. The van der Waals surface area contributed by atoms with E-state index in [-0.39, 0.29) is 5.91 Å². The standard InChI is InChI=1S/C20H25NO3/c1-6-18(24-16-10-14(3)9-15(4)11-16)20(22)21-17-12-13(2)7-8-19(17)23-5/h7-12,18H,6H2,1-5H3,(H,21,22). The van der Waals surface area contributed by atoms with Crippen molar-refractivity contribution in [3.63, 3.8) is 0 Å². The molecule has 0 radical (unpaired) electrons. The van der Waals surface area contributed by atoms with Crippen molar-refractivity contribution in [3.8, 4) is 11.5 Å². The molecule has 0 aromatic heterocycles. The van der Waals surface area contributed by atoms with E-state index in [1.165, 1.54) is 0 Å². The van der Waals surface area contributed by atoms with Gasteiger partial charge in [0.25, 0.3) is 5.91 Å². The number of aryl methyl sites for hydroxylation is 3. The predicted octanol–water partition coefficient (Wildman–Crippen LogP) is 4.42. The van der Waals surface area contributed by atoms with E-state index in [2.05, 4.69) is 11.4 Å². The molecule has 1 atom stereocenters. The Morgan fingerprint density at radius 3 is 2.29 bits per heavy atom. The highest BCUT2D eigenvalue weighted by molar-refractivity contribution is 5.95. The molecular formula is C20H25NO3. The van der Waals surface area contributed by atoms with Crippen LogP contribution in [0.3, 0.4) is 0 Å². The van der Waals surface area contributed by atoms with Crippen molar-refractivity contribution < 1.29 is 14.3 Å². The molecule has 0 saturated carbocycles. The Hall–Kier alpha value is -2.49. The summed E-state index contributed by atoms with van der Waals surface area (Å²) >= 11 is 0. The number of rotatable bonds is 6. The third kappa shape index (κ3) is 4.51. The van der Waals surface area contributed by atoms with E-state index in [0.29, 0.717) is 23.6 Å². The van der Waals surface area contributed by atoms with Crippen LogP contribution in [-0.4, -0.2) is 19.1 Å². The number of anilines is 1. The SMILES string of the molecule is CCC(Oc1cc(C)cc(C)c1)C(=O)Nc1cc(C)ccc1OC. The fourth-order valence-corrected chi connectivity index (χ4v) is 2.62.